The summed E-state index contributed by atoms with van der Waals surface area (Å²) in [5.74, 6) is 6.26. The zero-order chi connectivity index (χ0) is 30.9. The van der Waals surface area contributed by atoms with Crippen LogP contribution in [0.25, 0.3) is 6.08 Å². The van der Waals surface area contributed by atoms with Gasteiger partial charge >= 0.3 is 5.97 Å². The standard InChI is InChI=1S/C39H58O4/c1-25(2)10-9-11-26(3)32-16-17-33-31-15-14-29-24-30(20-22-38(29,5)34(31)21-23-39(32,33)6)43-36(40)19-13-28-12-18-35(41-7)27(4)37(28)42-8/h12-14,18-19,25-26,30-34H,9-11,15-17,20-24H2,1-8H3/b19-13+/t26-,30+,31+,32-,33+,34+,38+,39-/m1/s1. The minimum atomic E-state index is -0.272. The van der Waals surface area contributed by atoms with E-state index in [4.69, 9.17) is 14.2 Å². The zero-order valence-corrected chi connectivity index (χ0v) is 28.3. The quantitative estimate of drug-likeness (QED) is 0.155. The average Bonchev–Trinajstić information content (AvgIpc) is 3.33. The molecule has 4 nitrogen and oxygen atoms in total. The van der Waals surface area contributed by atoms with Gasteiger partial charge in [0.15, 0.2) is 0 Å². The molecule has 0 unspecified atom stereocenters. The molecule has 0 bridgehead atoms. The van der Waals surface area contributed by atoms with Crippen LogP contribution in [0.5, 0.6) is 11.5 Å². The van der Waals surface area contributed by atoms with Gasteiger partial charge in [0.2, 0.25) is 0 Å². The summed E-state index contributed by atoms with van der Waals surface area (Å²) < 4.78 is 17.0. The molecule has 0 saturated heterocycles. The Balaban J connectivity index is 1.22. The fourth-order valence-corrected chi connectivity index (χ4v) is 10.4. The molecular weight excluding hydrogens is 532 g/mol. The molecule has 1 aromatic rings. The molecule has 5 rings (SSSR count). The second-order valence-electron chi connectivity index (χ2n) is 15.4. The lowest BCUT2D eigenvalue weighted by atomic mass is 9.47. The highest BCUT2D eigenvalue weighted by molar-refractivity contribution is 5.88. The van der Waals surface area contributed by atoms with E-state index < -0.39 is 0 Å². The van der Waals surface area contributed by atoms with E-state index in [-0.39, 0.29) is 17.5 Å². The predicted molar refractivity (Wildman–Crippen MR) is 176 cm³/mol. The van der Waals surface area contributed by atoms with E-state index in [1.807, 2.05) is 19.1 Å². The summed E-state index contributed by atoms with van der Waals surface area (Å²) in [6, 6.07) is 3.82. The van der Waals surface area contributed by atoms with E-state index in [0.717, 1.165) is 77.4 Å². The molecule has 43 heavy (non-hydrogen) atoms. The van der Waals surface area contributed by atoms with Crippen molar-refractivity contribution in [2.45, 2.75) is 118 Å². The molecule has 0 aromatic heterocycles. The molecular formula is C39H58O4. The first-order valence-corrected chi connectivity index (χ1v) is 17.3. The summed E-state index contributed by atoms with van der Waals surface area (Å²) in [5.41, 5.74) is 4.11. The number of hydrogen-bond donors (Lipinski definition) is 0. The predicted octanol–water partition coefficient (Wildman–Crippen LogP) is 9.98. The van der Waals surface area contributed by atoms with Gasteiger partial charge in [-0.15, -0.1) is 0 Å². The Labute approximate surface area is 262 Å². The fourth-order valence-electron chi connectivity index (χ4n) is 10.4. The van der Waals surface area contributed by atoms with Gasteiger partial charge in [-0.25, -0.2) is 4.79 Å². The normalized spacial score (nSPS) is 34.3. The lowest BCUT2D eigenvalue weighted by Gasteiger charge is -2.58. The number of ether oxygens (including phenoxy) is 3. The Bertz CT molecular complexity index is 1210. The van der Waals surface area contributed by atoms with E-state index in [1.54, 1.807) is 31.9 Å². The van der Waals surface area contributed by atoms with Crippen molar-refractivity contribution < 1.29 is 19.0 Å². The molecule has 0 aliphatic heterocycles. The largest absolute Gasteiger partial charge is 0.496 e. The van der Waals surface area contributed by atoms with Crippen LogP contribution in [0, 0.1) is 53.3 Å². The van der Waals surface area contributed by atoms with Crippen molar-refractivity contribution >= 4 is 12.0 Å². The van der Waals surface area contributed by atoms with Gasteiger partial charge in [0.25, 0.3) is 0 Å². The Morgan fingerprint density at radius 2 is 1.79 bits per heavy atom. The van der Waals surface area contributed by atoms with Crippen LogP contribution in [0.4, 0.5) is 0 Å². The van der Waals surface area contributed by atoms with E-state index >= 15 is 0 Å². The second kappa shape index (κ2) is 13.0. The summed E-state index contributed by atoms with van der Waals surface area (Å²) in [6.07, 6.45) is 19.9. The maximum Gasteiger partial charge on any atom is 0.331 e. The van der Waals surface area contributed by atoms with Crippen LogP contribution in [0.2, 0.25) is 0 Å². The molecule has 238 valence electrons. The third-order valence-electron chi connectivity index (χ3n) is 12.8. The fraction of sp³-hybridized carbons (Fsp3) is 0.718. The van der Waals surface area contributed by atoms with Crippen LogP contribution in [0.3, 0.4) is 0 Å². The maximum atomic E-state index is 12.9. The molecule has 3 saturated carbocycles. The van der Waals surface area contributed by atoms with Gasteiger partial charge < -0.3 is 14.2 Å². The average molecular weight is 591 g/mol. The Hall–Kier alpha value is -2.23. The summed E-state index contributed by atoms with van der Waals surface area (Å²) in [5, 5.41) is 0. The summed E-state index contributed by atoms with van der Waals surface area (Å²) in [6.45, 7) is 14.5. The molecule has 3 fully saturated rings. The third-order valence-corrected chi connectivity index (χ3v) is 12.8. The van der Waals surface area contributed by atoms with E-state index in [1.165, 1.54) is 51.4 Å². The minimum Gasteiger partial charge on any atom is -0.496 e. The molecule has 4 aliphatic carbocycles. The van der Waals surface area contributed by atoms with Crippen molar-refractivity contribution in [3.8, 4) is 11.5 Å². The van der Waals surface area contributed by atoms with Crippen LogP contribution in [0.15, 0.2) is 29.9 Å². The van der Waals surface area contributed by atoms with E-state index in [2.05, 4.69) is 40.7 Å². The first-order valence-electron chi connectivity index (χ1n) is 17.3. The van der Waals surface area contributed by atoms with E-state index in [9.17, 15) is 4.79 Å². The number of rotatable bonds is 10. The first-order chi connectivity index (χ1) is 20.5. The van der Waals surface area contributed by atoms with Crippen molar-refractivity contribution in [1.82, 2.24) is 0 Å². The topological polar surface area (TPSA) is 44.8 Å². The number of allylic oxidation sites excluding steroid dienone is 1. The van der Waals surface area contributed by atoms with Crippen LogP contribution >= 0.6 is 0 Å². The summed E-state index contributed by atoms with van der Waals surface area (Å²) in [7, 11) is 3.30. The number of benzene rings is 1. The van der Waals surface area contributed by atoms with Crippen LogP contribution in [0.1, 0.15) is 116 Å². The number of carbonyl (C=O) groups excluding carboxylic acids is 1. The lowest BCUT2D eigenvalue weighted by Crippen LogP contribution is -2.51. The van der Waals surface area contributed by atoms with Crippen molar-refractivity contribution in [3.63, 3.8) is 0 Å². The molecule has 0 spiro atoms. The number of hydrogen-bond acceptors (Lipinski definition) is 4. The molecule has 4 heteroatoms. The Morgan fingerprint density at radius 1 is 1.00 bits per heavy atom. The SMILES string of the molecule is COc1ccc(/C=C/C(=O)O[C@H]2CC[C@@]3(C)C(=CC[C@H]4[C@@H]5CC[C@H]([C@H](C)CCCC(C)C)[C@@]5(C)CC[C@@H]43)C2)c(OC)c1C. The van der Waals surface area contributed by atoms with Crippen LogP contribution in [-0.2, 0) is 9.53 Å². The highest BCUT2D eigenvalue weighted by atomic mass is 16.5. The van der Waals surface area contributed by atoms with Gasteiger partial charge in [-0.2, -0.15) is 0 Å². The summed E-state index contributed by atoms with van der Waals surface area (Å²) in [4.78, 5) is 12.9. The Kier molecular flexibility index (Phi) is 9.74. The maximum absolute atomic E-state index is 12.9. The van der Waals surface area contributed by atoms with E-state index in [0.29, 0.717) is 5.41 Å². The van der Waals surface area contributed by atoms with Gasteiger partial charge in [-0.1, -0.05) is 65.5 Å². The molecule has 0 heterocycles. The van der Waals surface area contributed by atoms with Crippen molar-refractivity contribution in [3.05, 3.63) is 41.0 Å². The van der Waals surface area contributed by atoms with Gasteiger partial charge in [0.05, 0.1) is 14.2 Å². The van der Waals surface area contributed by atoms with Crippen molar-refractivity contribution in [2.75, 3.05) is 14.2 Å². The zero-order valence-electron chi connectivity index (χ0n) is 28.3. The van der Waals surface area contributed by atoms with Gasteiger partial charge in [0.1, 0.15) is 17.6 Å². The number of carbonyl (C=O) groups is 1. The first kappa shape index (κ1) is 32.2. The van der Waals surface area contributed by atoms with Gasteiger partial charge in [-0.05, 0) is 116 Å². The third kappa shape index (κ3) is 6.19. The number of esters is 1. The molecule has 0 amide bonds. The molecule has 0 N–H and O–H groups in total. The smallest absolute Gasteiger partial charge is 0.331 e. The summed E-state index contributed by atoms with van der Waals surface area (Å²) >= 11 is 0. The number of fused-ring (bicyclic) bond motifs is 5. The monoisotopic (exact) mass is 590 g/mol. The molecule has 1 aromatic carbocycles. The highest BCUT2D eigenvalue weighted by Gasteiger charge is 2.59. The van der Waals surface area contributed by atoms with Gasteiger partial charge in [0, 0.05) is 23.6 Å². The molecule has 0 radical (unpaired) electrons. The van der Waals surface area contributed by atoms with Crippen molar-refractivity contribution in [1.29, 1.82) is 0 Å². The van der Waals surface area contributed by atoms with Crippen LogP contribution in [-0.4, -0.2) is 26.3 Å². The second-order valence-corrected chi connectivity index (χ2v) is 15.4. The highest BCUT2D eigenvalue weighted by Crippen LogP contribution is 2.67. The minimum absolute atomic E-state index is 0.0380. The molecule has 4 aliphatic rings. The lowest BCUT2D eigenvalue weighted by molar-refractivity contribution is -0.145. The molecule has 8 atom stereocenters. The van der Waals surface area contributed by atoms with Crippen molar-refractivity contribution in [2.24, 2.45) is 46.3 Å². The number of methoxy groups -OCH3 is 2. The van der Waals surface area contributed by atoms with Crippen LogP contribution < -0.4 is 9.47 Å². The van der Waals surface area contributed by atoms with Gasteiger partial charge in [-0.3, -0.25) is 0 Å². The Morgan fingerprint density at radius 3 is 2.51 bits per heavy atom.